The average molecular weight is 262 g/mol. The molecular weight excluding hydrogens is 238 g/mol. The quantitative estimate of drug-likeness (QED) is 0.696. The van der Waals surface area contributed by atoms with Crippen molar-refractivity contribution in [3.05, 3.63) is 0 Å². The first-order valence-corrected chi connectivity index (χ1v) is 6.94. The minimum Gasteiger partial charge on any atom is -0.300 e. The summed E-state index contributed by atoms with van der Waals surface area (Å²) in [4.78, 5) is 3.31. The summed E-state index contributed by atoms with van der Waals surface area (Å²) in [6.45, 7) is 4.63. The van der Waals surface area contributed by atoms with Crippen LogP contribution in [0, 0.1) is 0 Å². The Kier molecular flexibility index (Phi) is 5.47. The number of hydrogen-bond donors (Lipinski definition) is 0. The Balaban J connectivity index is 2.44. The van der Waals surface area contributed by atoms with E-state index in [9.17, 15) is 0 Å². The number of nitrogens with zero attached hydrogens (tertiary/aromatic N) is 1. The van der Waals surface area contributed by atoms with Crippen molar-refractivity contribution in [2.75, 3.05) is 7.05 Å². The van der Waals surface area contributed by atoms with Crippen LogP contribution in [0.3, 0.4) is 0 Å². The Labute approximate surface area is 97.4 Å². The van der Waals surface area contributed by atoms with Crippen molar-refractivity contribution in [1.82, 2.24) is 4.90 Å². The third-order valence-electron chi connectivity index (χ3n) is 3.57. The summed E-state index contributed by atoms with van der Waals surface area (Å²) in [5, 5.41) is 0. The zero-order valence-electron chi connectivity index (χ0n) is 9.80. The van der Waals surface area contributed by atoms with E-state index < -0.39 is 0 Å². The second kappa shape index (κ2) is 6.12. The SMILES string of the molecule is CCCC(C)N(C)C1CCCCC1Br. The fourth-order valence-corrected chi connectivity index (χ4v) is 3.43. The van der Waals surface area contributed by atoms with Gasteiger partial charge in [-0.3, -0.25) is 4.90 Å². The van der Waals surface area contributed by atoms with Gasteiger partial charge >= 0.3 is 0 Å². The lowest BCUT2D eigenvalue weighted by atomic mass is 9.93. The molecule has 84 valence electrons. The predicted molar refractivity (Wildman–Crippen MR) is 67.1 cm³/mol. The number of hydrogen-bond acceptors (Lipinski definition) is 1. The van der Waals surface area contributed by atoms with Crippen molar-refractivity contribution in [1.29, 1.82) is 0 Å². The first-order valence-electron chi connectivity index (χ1n) is 6.02. The van der Waals surface area contributed by atoms with Gasteiger partial charge in [-0.05, 0) is 33.2 Å². The lowest BCUT2D eigenvalue weighted by Gasteiger charge is -2.38. The zero-order valence-corrected chi connectivity index (χ0v) is 11.4. The summed E-state index contributed by atoms with van der Waals surface area (Å²) in [5.41, 5.74) is 0. The zero-order chi connectivity index (χ0) is 10.6. The van der Waals surface area contributed by atoms with Crippen LogP contribution < -0.4 is 0 Å². The molecular formula is C12H24BrN. The lowest BCUT2D eigenvalue weighted by Crippen LogP contribution is -2.45. The van der Waals surface area contributed by atoms with Gasteiger partial charge in [-0.1, -0.05) is 42.1 Å². The normalized spacial score (nSPS) is 30.6. The third-order valence-corrected chi connectivity index (χ3v) is 4.64. The standard InChI is InChI=1S/C12H24BrN/c1-4-7-10(2)14(3)12-9-6-5-8-11(12)13/h10-12H,4-9H2,1-3H3. The first-order chi connectivity index (χ1) is 6.66. The monoisotopic (exact) mass is 261 g/mol. The highest BCUT2D eigenvalue weighted by Gasteiger charge is 2.28. The molecule has 1 nitrogen and oxygen atoms in total. The van der Waals surface area contributed by atoms with Gasteiger partial charge in [0.1, 0.15) is 0 Å². The van der Waals surface area contributed by atoms with Gasteiger partial charge < -0.3 is 0 Å². The molecule has 1 aliphatic carbocycles. The molecule has 0 aromatic carbocycles. The molecule has 0 bridgehead atoms. The van der Waals surface area contributed by atoms with Gasteiger partial charge in [-0.25, -0.2) is 0 Å². The molecule has 1 rings (SSSR count). The lowest BCUT2D eigenvalue weighted by molar-refractivity contribution is 0.146. The van der Waals surface area contributed by atoms with Crippen molar-refractivity contribution >= 4 is 15.9 Å². The molecule has 0 N–H and O–H groups in total. The van der Waals surface area contributed by atoms with Gasteiger partial charge in [-0.15, -0.1) is 0 Å². The van der Waals surface area contributed by atoms with Crippen molar-refractivity contribution in [2.24, 2.45) is 0 Å². The van der Waals surface area contributed by atoms with E-state index in [0.717, 1.165) is 16.9 Å². The average Bonchev–Trinajstić information content (AvgIpc) is 2.18. The van der Waals surface area contributed by atoms with Crippen LogP contribution in [0.15, 0.2) is 0 Å². The molecule has 2 heteroatoms. The molecule has 3 atom stereocenters. The van der Waals surface area contributed by atoms with E-state index in [1.807, 2.05) is 0 Å². The van der Waals surface area contributed by atoms with Gasteiger partial charge in [0.15, 0.2) is 0 Å². The van der Waals surface area contributed by atoms with Crippen LogP contribution in [0.1, 0.15) is 52.4 Å². The van der Waals surface area contributed by atoms with E-state index in [1.165, 1.54) is 38.5 Å². The van der Waals surface area contributed by atoms with E-state index in [2.05, 4.69) is 41.7 Å². The summed E-state index contributed by atoms with van der Waals surface area (Å²) >= 11 is 3.83. The van der Waals surface area contributed by atoms with Crippen molar-refractivity contribution < 1.29 is 0 Å². The minimum atomic E-state index is 0.723. The smallest absolute Gasteiger partial charge is 0.0301 e. The Morgan fingerprint density at radius 1 is 1.36 bits per heavy atom. The Bertz CT molecular complexity index is 160. The van der Waals surface area contributed by atoms with Crippen LogP contribution in [-0.4, -0.2) is 28.9 Å². The van der Waals surface area contributed by atoms with Crippen LogP contribution in [0.2, 0.25) is 0 Å². The molecule has 0 aromatic heterocycles. The van der Waals surface area contributed by atoms with Crippen molar-refractivity contribution in [2.45, 2.75) is 69.3 Å². The molecule has 0 aromatic rings. The Morgan fingerprint density at radius 2 is 2.00 bits per heavy atom. The molecule has 0 heterocycles. The van der Waals surface area contributed by atoms with Gasteiger partial charge in [-0.2, -0.15) is 0 Å². The summed E-state index contributed by atoms with van der Waals surface area (Å²) in [6.07, 6.45) is 8.17. The van der Waals surface area contributed by atoms with E-state index in [1.54, 1.807) is 0 Å². The summed E-state index contributed by atoms with van der Waals surface area (Å²) in [6, 6.07) is 1.51. The molecule has 0 amide bonds. The largest absolute Gasteiger partial charge is 0.300 e. The van der Waals surface area contributed by atoms with E-state index in [-0.39, 0.29) is 0 Å². The first kappa shape index (κ1) is 12.5. The van der Waals surface area contributed by atoms with Gasteiger partial charge in [0.05, 0.1) is 0 Å². The van der Waals surface area contributed by atoms with Crippen LogP contribution in [0.25, 0.3) is 0 Å². The summed E-state index contributed by atoms with van der Waals surface area (Å²) in [7, 11) is 2.30. The molecule has 3 unspecified atom stereocenters. The minimum absolute atomic E-state index is 0.723. The molecule has 1 fully saturated rings. The molecule has 0 spiro atoms. The highest BCUT2D eigenvalue weighted by atomic mass is 79.9. The maximum atomic E-state index is 3.83. The number of halogens is 1. The predicted octanol–water partition coefficient (Wildman–Crippen LogP) is 3.81. The summed E-state index contributed by atoms with van der Waals surface area (Å²) in [5.74, 6) is 0. The Morgan fingerprint density at radius 3 is 2.57 bits per heavy atom. The fourth-order valence-electron chi connectivity index (χ4n) is 2.47. The van der Waals surface area contributed by atoms with Gasteiger partial charge in [0.2, 0.25) is 0 Å². The van der Waals surface area contributed by atoms with E-state index in [0.29, 0.717) is 0 Å². The maximum absolute atomic E-state index is 3.83. The van der Waals surface area contributed by atoms with E-state index >= 15 is 0 Å². The molecule has 0 aliphatic heterocycles. The van der Waals surface area contributed by atoms with Crippen LogP contribution in [0.4, 0.5) is 0 Å². The molecule has 0 saturated heterocycles. The number of alkyl halides is 1. The van der Waals surface area contributed by atoms with E-state index in [4.69, 9.17) is 0 Å². The molecule has 1 saturated carbocycles. The number of rotatable bonds is 4. The molecule has 1 aliphatic rings. The van der Waals surface area contributed by atoms with Crippen LogP contribution >= 0.6 is 15.9 Å². The second-order valence-corrected chi connectivity index (χ2v) is 5.85. The second-order valence-electron chi connectivity index (χ2n) is 4.67. The highest BCUT2D eigenvalue weighted by Crippen LogP contribution is 2.29. The Hall–Kier alpha value is 0.440. The highest BCUT2D eigenvalue weighted by molar-refractivity contribution is 9.09. The van der Waals surface area contributed by atoms with Crippen molar-refractivity contribution in [3.63, 3.8) is 0 Å². The summed E-state index contributed by atoms with van der Waals surface area (Å²) < 4.78 is 0. The molecule has 14 heavy (non-hydrogen) atoms. The van der Waals surface area contributed by atoms with Crippen LogP contribution in [0.5, 0.6) is 0 Å². The van der Waals surface area contributed by atoms with Gasteiger partial charge in [0, 0.05) is 16.9 Å². The fraction of sp³-hybridized carbons (Fsp3) is 1.00. The van der Waals surface area contributed by atoms with Crippen LogP contribution in [-0.2, 0) is 0 Å². The topological polar surface area (TPSA) is 3.24 Å². The molecule has 0 radical (unpaired) electrons. The third kappa shape index (κ3) is 3.23. The maximum Gasteiger partial charge on any atom is 0.0301 e. The van der Waals surface area contributed by atoms with Crippen molar-refractivity contribution in [3.8, 4) is 0 Å². The van der Waals surface area contributed by atoms with Gasteiger partial charge in [0.25, 0.3) is 0 Å².